The molecule has 140 valence electrons. The van der Waals surface area contributed by atoms with Crippen LogP contribution in [0, 0.1) is 20.8 Å². The van der Waals surface area contributed by atoms with Crippen molar-refractivity contribution in [3.63, 3.8) is 0 Å². The molecule has 0 unspecified atom stereocenters. The van der Waals surface area contributed by atoms with E-state index in [2.05, 4.69) is 15.4 Å². The van der Waals surface area contributed by atoms with Gasteiger partial charge < -0.3 is 5.32 Å². The Kier molecular flexibility index (Phi) is 4.73. The number of carbonyl (C=O) groups excluding carboxylic acids is 1. The first-order valence-electron chi connectivity index (χ1n) is 8.13. The molecule has 3 rings (SSSR count). The highest BCUT2D eigenvalue weighted by atomic mass is 19.4. The number of aryl methyl sites for hydroxylation is 2. The molecule has 2 aromatic heterocycles. The molecule has 8 heteroatoms. The van der Waals surface area contributed by atoms with Crippen LogP contribution in [0.4, 0.5) is 18.9 Å². The molecule has 0 saturated heterocycles. The number of hydrogen-bond acceptors (Lipinski definition) is 3. The zero-order valence-corrected chi connectivity index (χ0v) is 14.9. The molecule has 0 saturated carbocycles. The summed E-state index contributed by atoms with van der Waals surface area (Å²) in [5.74, 6) is -0.153. The Balaban J connectivity index is 1.84. The number of halogens is 3. The van der Waals surface area contributed by atoms with Gasteiger partial charge in [-0.05, 0) is 56.2 Å². The number of benzene rings is 1. The lowest BCUT2D eigenvalue weighted by molar-refractivity contribution is -0.137. The van der Waals surface area contributed by atoms with E-state index in [4.69, 9.17) is 0 Å². The third kappa shape index (κ3) is 3.84. The van der Waals surface area contributed by atoms with Crippen LogP contribution in [0.1, 0.15) is 32.7 Å². The Morgan fingerprint density at radius 2 is 1.78 bits per heavy atom. The largest absolute Gasteiger partial charge is 0.417 e. The molecule has 0 aliphatic carbocycles. The second kappa shape index (κ2) is 6.86. The van der Waals surface area contributed by atoms with Crippen LogP contribution in [0.5, 0.6) is 0 Å². The smallest absolute Gasteiger partial charge is 0.322 e. The summed E-state index contributed by atoms with van der Waals surface area (Å²) in [7, 11) is 0. The number of anilines is 1. The van der Waals surface area contributed by atoms with Crippen molar-refractivity contribution in [3.05, 3.63) is 70.7 Å². The third-order valence-corrected chi connectivity index (χ3v) is 4.31. The Labute approximate surface area is 153 Å². The van der Waals surface area contributed by atoms with Crippen LogP contribution < -0.4 is 5.32 Å². The van der Waals surface area contributed by atoms with Crippen LogP contribution >= 0.6 is 0 Å². The van der Waals surface area contributed by atoms with Crippen molar-refractivity contribution in [2.75, 3.05) is 5.32 Å². The second-order valence-electron chi connectivity index (χ2n) is 6.21. The molecule has 0 fully saturated rings. The number of nitrogens with zero attached hydrogens (tertiary/aromatic N) is 3. The van der Waals surface area contributed by atoms with Crippen molar-refractivity contribution in [1.29, 1.82) is 0 Å². The van der Waals surface area contributed by atoms with E-state index < -0.39 is 11.7 Å². The molecule has 0 bridgehead atoms. The molecular weight excluding hydrogens is 357 g/mol. The molecule has 1 N–H and O–H groups in total. The summed E-state index contributed by atoms with van der Waals surface area (Å²) < 4.78 is 39.3. The third-order valence-electron chi connectivity index (χ3n) is 4.31. The van der Waals surface area contributed by atoms with Crippen LogP contribution in [0.2, 0.25) is 0 Å². The molecule has 1 amide bonds. The first-order chi connectivity index (χ1) is 12.7. The van der Waals surface area contributed by atoms with E-state index in [9.17, 15) is 18.0 Å². The Hall–Kier alpha value is -3.16. The number of hydrogen-bond donors (Lipinski definition) is 1. The minimum atomic E-state index is -4.46. The van der Waals surface area contributed by atoms with Gasteiger partial charge in [-0.15, -0.1) is 0 Å². The Morgan fingerprint density at radius 1 is 1.04 bits per heavy atom. The minimum Gasteiger partial charge on any atom is -0.322 e. The van der Waals surface area contributed by atoms with E-state index in [1.54, 1.807) is 13.0 Å². The standard InChI is InChI=1S/C19H17F3N4O/c1-11-4-6-15(8-12(11)2)25-18(27)16-10-24-26(13(16)3)17-7-5-14(9-23-17)19(20,21)22/h4-10H,1-3H3,(H,25,27). The van der Waals surface area contributed by atoms with Gasteiger partial charge in [-0.2, -0.15) is 18.3 Å². The molecular formula is C19H17F3N4O. The molecule has 27 heavy (non-hydrogen) atoms. The van der Waals surface area contributed by atoms with Gasteiger partial charge in [0.15, 0.2) is 5.82 Å². The van der Waals surface area contributed by atoms with Crippen molar-refractivity contribution in [2.45, 2.75) is 26.9 Å². The highest BCUT2D eigenvalue weighted by Gasteiger charge is 2.30. The fraction of sp³-hybridized carbons (Fsp3) is 0.211. The topological polar surface area (TPSA) is 59.8 Å². The maximum atomic E-state index is 12.7. The number of pyridine rings is 1. The van der Waals surface area contributed by atoms with Gasteiger partial charge in [0.1, 0.15) is 0 Å². The van der Waals surface area contributed by atoms with Crippen molar-refractivity contribution in [2.24, 2.45) is 0 Å². The molecule has 5 nitrogen and oxygen atoms in total. The fourth-order valence-corrected chi connectivity index (χ4v) is 2.56. The lowest BCUT2D eigenvalue weighted by Crippen LogP contribution is -2.13. The summed E-state index contributed by atoms with van der Waals surface area (Å²) in [5.41, 5.74) is 2.77. The van der Waals surface area contributed by atoms with Gasteiger partial charge in [-0.1, -0.05) is 6.07 Å². The van der Waals surface area contributed by atoms with Gasteiger partial charge in [0.05, 0.1) is 23.0 Å². The highest BCUT2D eigenvalue weighted by Crippen LogP contribution is 2.29. The summed E-state index contributed by atoms with van der Waals surface area (Å²) in [4.78, 5) is 16.3. The van der Waals surface area contributed by atoms with Crippen molar-refractivity contribution in [3.8, 4) is 5.82 Å². The number of amides is 1. The molecule has 1 aromatic carbocycles. The highest BCUT2D eigenvalue weighted by molar-refractivity contribution is 6.05. The predicted molar refractivity (Wildman–Crippen MR) is 95.0 cm³/mol. The van der Waals surface area contributed by atoms with Gasteiger partial charge >= 0.3 is 6.18 Å². The lowest BCUT2D eigenvalue weighted by Gasteiger charge is -2.09. The molecule has 0 aliphatic heterocycles. The van der Waals surface area contributed by atoms with Crippen LogP contribution in [-0.2, 0) is 6.18 Å². The number of aromatic nitrogens is 3. The molecule has 0 atom stereocenters. The van der Waals surface area contributed by atoms with E-state index >= 15 is 0 Å². The van der Waals surface area contributed by atoms with E-state index in [0.29, 0.717) is 16.9 Å². The Morgan fingerprint density at radius 3 is 2.37 bits per heavy atom. The van der Waals surface area contributed by atoms with E-state index in [1.165, 1.54) is 16.9 Å². The molecule has 0 aliphatic rings. The molecule has 2 heterocycles. The average Bonchev–Trinajstić information content (AvgIpc) is 2.99. The number of carbonyl (C=O) groups is 1. The van der Waals surface area contributed by atoms with Gasteiger partial charge in [0, 0.05) is 11.9 Å². The van der Waals surface area contributed by atoms with Gasteiger partial charge in [0.25, 0.3) is 5.91 Å². The van der Waals surface area contributed by atoms with Gasteiger partial charge in [-0.25, -0.2) is 9.67 Å². The number of alkyl halides is 3. The number of nitrogens with one attached hydrogen (secondary N) is 1. The van der Waals surface area contributed by atoms with Crippen LogP contribution in [-0.4, -0.2) is 20.7 Å². The maximum absolute atomic E-state index is 12.7. The molecule has 3 aromatic rings. The Bertz CT molecular complexity index is 991. The minimum absolute atomic E-state index is 0.200. The van der Waals surface area contributed by atoms with Gasteiger partial charge in [0.2, 0.25) is 0 Å². The number of rotatable bonds is 3. The van der Waals surface area contributed by atoms with E-state index in [1.807, 2.05) is 26.0 Å². The van der Waals surface area contributed by atoms with Crippen molar-refractivity contribution >= 4 is 11.6 Å². The molecule has 0 spiro atoms. The van der Waals surface area contributed by atoms with Crippen molar-refractivity contribution < 1.29 is 18.0 Å². The zero-order valence-electron chi connectivity index (χ0n) is 14.9. The quantitative estimate of drug-likeness (QED) is 0.736. The van der Waals surface area contributed by atoms with Crippen LogP contribution in [0.3, 0.4) is 0 Å². The summed E-state index contributed by atoms with van der Waals surface area (Å²) in [6, 6.07) is 7.72. The lowest BCUT2D eigenvalue weighted by atomic mass is 10.1. The van der Waals surface area contributed by atoms with E-state index in [0.717, 1.165) is 23.4 Å². The summed E-state index contributed by atoms with van der Waals surface area (Å²) >= 11 is 0. The summed E-state index contributed by atoms with van der Waals surface area (Å²) in [5, 5.41) is 6.88. The first-order valence-corrected chi connectivity index (χ1v) is 8.13. The van der Waals surface area contributed by atoms with Crippen molar-refractivity contribution in [1.82, 2.24) is 14.8 Å². The monoisotopic (exact) mass is 374 g/mol. The molecule has 0 radical (unpaired) electrons. The zero-order chi connectivity index (χ0) is 19.8. The average molecular weight is 374 g/mol. The van der Waals surface area contributed by atoms with Crippen LogP contribution in [0.25, 0.3) is 5.82 Å². The second-order valence-corrected chi connectivity index (χ2v) is 6.21. The van der Waals surface area contributed by atoms with E-state index in [-0.39, 0.29) is 11.7 Å². The fourth-order valence-electron chi connectivity index (χ4n) is 2.56. The first kappa shape index (κ1) is 18.6. The van der Waals surface area contributed by atoms with Crippen LogP contribution in [0.15, 0.2) is 42.7 Å². The SMILES string of the molecule is Cc1ccc(NC(=O)c2cnn(-c3ccc(C(F)(F)F)cn3)c2C)cc1C. The summed E-state index contributed by atoms with van der Waals surface area (Å²) in [6.07, 6.45) is -2.35. The van der Waals surface area contributed by atoms with Gasteiger partial charge in [-0.3, -0.25) is 4.79 Å². The summed E-state index contributed by atoms with van der Waals surface area (Å²) in [6.45, 7) is 5.58. The normalized spacial score (nSPS) is 11.5. The predicted octanol–water partition coefficient (Wildman–Crippen LogP) is 4.46. The maximum Gasteiger partial charge on any atom is 0.417 e.